The third-order valence-electron chi connectivity index (χ3n) is 4.71. The summed E-state index contributed by atoms with van der Waals surface area (Å²) in [7, 11) is 0. The zero-order valence-electron chi connectivity index (χ0n) is 15.5. The van der Waals surface area contributed by atoms with Crippen molar-refractivity contribution in [3.05, 3.63) is 15.6 Å². The summed E-state index contributed by atoms with van der Waals surface area (Å²) in [5.41, 5.74) is 0.437. The molecule has 1 aliphatic carbocycles. The highest BCUT2D eigenvalue weighted by Gasteiger charge is 2.23. The number of aryl methyl sites for hydroxylation is 1. The first-order chi connectivity index (χ1) is 12.3. The van der Waals surface area contributed by atoms with Crippen LogP contribution in [0.15, 0.2) is 0 Å². The zero-order chi connectivity index (χ0) is 19.3. The molecule has 2 rings (SSSR count). The number of carboxylic acid groups (broad SMARTS) is 1. The summed E-state index contributed by atoms with van der Waals surface area (Å²) in [4.78, 5) is 40.0. The van der Waals surface area contributed by atoms with E-state index in [0.29, 0.717) is 23.0 Å². The fourth-order valence-corrected chi connectivity index (χ4v) is 4.13. The van der Waals surface area contributed by atoms with Crippen LogP contribution >= 0.6 is 11.3 Å². The summed E-state index contributed by atoms with van der Waals surface area (Å²) in [6.07, 6.45) is 6.24. The van der Waals surface area contributed by atoms with Gasteiger partial charge in [0, 0.05) is 6.42 Å². The molecular weight excluding hydrogens is 354 g/mol. The normalized spacial score (nSPS) is 17.3. The molecule has 0 spiro atoms. The van der Waals surface area contributed by atoms with E-state index >= 15 is 0 Å². The second-order valence-corrected chi connectivity index (χ2v) is 8.03. The minimum absolute atomic E-state index is 0.0922. The van der Waals surface area contributed by atoms with Crippen LogP contribution in [0.25, 0.3) is 0 Å². The molecule has 1 aliphatic rings. The van der Waals surface area contributed by atoms with Gasteiger partial charge in [-0.15, -0.1) is 11.3 Å². The first-order valence-corrected chi connectivity index (χ1v) is 9.90. The minimum atomic E-state index is -1.02. The predicted octanol–water partition coefficient (Wildman–Crippen LogP) is 2.80. The van der Waals surface area contributed by atoms with Gasteiger partial charge in [-0.1, -0.05) is 19.3 Å². The van der Waals surface area contributed by atoms with Gasteiger partial charge in [0.1, 0.15) is 15.9 Å². The molecule has 2 atom stereocenters. The Hall–Kier alpha value is -1.96. The topological polar surface area (TPSA) is 108 Å². The van der Waals surface area contributed by atoms with Crippen molar-refractivity contribution in [2.45, 2.75) is 71.4 Å². The first-order valence-electron chi connectivity index (χ1n) is 9.08. The fourth-order valence-electron chi connectivity index (χ4n) is 3.22. The lowest BCUT2D eigenvalue weighted by molar-refractivity contribution is -0.129. The summed E-state index contributed by atoms with van der Waals surface area (Å²) in [6.45, 7) is 5.03. The van der Waals surface area contributed by atoms with Gasteiger partial charge < -0.3 is 15.7 Å². The van der Waals surface area contributed by atoms with Crippen LogP contribution in [-0.2, 0) is 9.59 Å². The van der Waals surface area contributed by atoms with Gasteiger partial charge in [-0.3, -0.25) is 9.59 Å². The van der Waals surface area contributed by atoms with Crippen LogP contribution in [0.4, 0.5) is 0 Å². The van der Waals surface area contributed by atoms with Gasteiger partial charge in [-0.05, 0) is 39.5 Å². The Bertz CT molecular complexity index is 667. The number of carboxylic acids is 1. The molecule has 1 fully saturated rings. The standard InChI is InChI=1S/C18H27N3O4S/c1-10-15(18(24)25)26-17(21-10)12(3)20-16(23)11(2)19-14(22)9-13-7-5-4-6-8-13/h11-13H,4-9H2,1-3H3,(H,19,22)(H,20,23)(H,24,25). The van der Waals surface area contributed by atoms with Crippen molar-refractivity contribution in [3.63, 3.8) is 0 Å². The molecule has 0 radical (unpaired) electrons. The maximum Gasteiger partial charge on any atom is 0.347 e. The molecule has 0 aliphatic heterocycles. The van der Waals surface area contributed by atoms with Crippen LogP contribution in [0.3, 0.4) is 0 Å². The number of amides is 2. The molecule has 1 aromatic heterocycles. The van der Waals surface area contributed by atoms with Crippen molar-refractivity contribution in [2.24, 2.45) is 5.92 Å². The molecule has 0 aromatic carbocycles. The third-order valence-corrected chi connectivity index (χ3v) is 6.03. The van der Waals surface area contributed by atoms with Crippen LogP contribution in [0.1, 0.15) is 78.8 Å². The van der Waals surface area contributed by atoms with Crippen LogP contribution in [0.5, 0.6) is 0 Å². The number of aromatic carboxylic acids is 1. The van der Waals surface area contributed by atoms with Crippen molar-refractivity contribution in [1.82, 2.24) is 15.6 Å². The summed E-state index contributed by atoms with van der Waals surface area (Å²) in [5, 5.41) is 15.2. The van der Waals surface area contributed by atoms with Crippen LogP contribution < -0.4 is 10.6 Å². The fraction of sp³-hybridized carbons (Fsp3) is 0.667. The van der Waals surface area contributed by atoms with E-state index in [-0.39, 0.29) is 16.7 Å². The van der Waals surface area contributed by atoms with E-state index in [1.165, 1.54) is 19.3 Å². The monoisotopic (exact) mass is 381 g/mol. The lowest BCUT2D eigenvalue weighted by atomic mass is 9.87. The number of nitrogens with one attached hydrogen (secondary N) is 2. The van der Waals surface area contributed by atoms with Crippen molar-refractivity contribution >= 4 is 29.1 Å². The first kappa shape index (κ1) is 20.4. The SMILES string of the molecule is Cc1nc(C(C)NC(=O)C(C)NC(=O)CC2CCCCC2)sc1C(=O)O. The number of carbonyl (C=O) groups is 3. The van der Waals surface area contributed by atoms with Gasteiger partial charge in [0.25, 0.3) is 0 Å². The lowest BCUT2D eigenvalue weighted by Gasteiger charge is -2.22. The number of aromatic nitrogens is 1. The summed E-state index contributed by atoms with van der Waals surface area (Å²) < 4.78 is 0. The molecule has 2 unspecified atom stereocenters. The molecule has 0 bridgehead atoms. The van der Waals surface area contributed by atoms with Crippen LogP contribution in [0.2, 0.25) is 0 Å². The molecule has 26 heavy (non-hydrogen) atoms. The number of carbonyl (C=O) groups excluding carboxylic acids is 2. The van der Waals surface area contributed by atoms with E-state index in [1.807, 2.05) is 0 Å². The molecule has 3 N–H and O–H groups in total. The zero-order valence-corrected chi connectivity index (χ0v) is 16.3. The largest absolute Gasteiger partial charge is 0.477 e. The predicted molar refractivity (Wildman–Crippen MR) is 99.2 cm³/mol. The lowest BCUT2D eigenvalue weighted by Crippen LogP contribution is -2.45. The molecular formula is C18H27N3O4S. The Morgan fingerprint density at radius 3 is 2.42 bits per heavy atom. The van der Waals surface area contributed by atoms with Crippen molar-refractivity contribution in [3.8, 4) is 0 Å². The summed E-state index contributed by atoms with van der Waals surface area (Å²) >= 11 is 1.05. The Kier molecular flexibility index (Phi) is 7.14. The molecule has 7 nitrogen and oxygen atoms in total. The van der Waals surface area contributed by atoms with E-state index in [0.717, 1.165) is 24.2 Å². The Morgan fingerprint density at radius 2 is 1.85 bits per heavy atom. The van der Waals surface area contributed by atoms with E-state index in [2.05, 4.69) is 15.6 Å². The number of thiazole rings is 1. The average molecular weight is 381 g/mol. The molecule has 2 amide bonds. The van der Waals surface area contributed by atoms with E-state index in [9.17, 15) is 14.4 Å². The molecule has 1 saturated carbocycles. The number of hydrogen-bond donors (Lipinski definition) is 3. The highest BCUT2D eigenvalue weighted by Crippen LogP contribution is 2.26. The second-order valence-electron chi connectivity index (χ2n) is 7.00. The smallest absolute Gasteiger partial charge is 0.347 e. The molecule has 0 saturated heterocycles. The van der Waals surface area contributed by atoms with Gasteiger partial charge in [0.2, 0.25) is 11.8 Å². The molecule has 1 heterocycles. The van der Waals surface area contributed by atoms with Crippen molar-refractivity contribution in [1.29, 1.82) is 0 Å². The maximum absolute atomic E-state index is 12.3. The molecule has 144 valence electrons. The van der Waals surface area contributed by atoms with Gasteiger partial charge in [0.15, 0.2) is 0 Å². The highest BCUT2D eigenvalue weighted by molar-refractivity contribution is 7.13. The van der Waals surface area contributed by atoms with E-state index in [4.69, 9.17) is 5.11 Å². The van der Waals surface area contributed by atoms with Gasteiger partial charge in [-0.2, -0.15) is 0 Å². The van der Waals surface area contributed by atoms with Crippen molar-refractivity contribution < 1.29 is 19.5 Å². The number of hydrogen-bond acceptors (Lipinski definition) is 5. The highest BCUT2D eigenvalue weighted by atomic mass is 32.1. The van der Waals surface area contributed by atoms with Crippen LogP contribution in [0, 0.1) is 12.8 Å². The van der Waals surface area contributed by atoms with Gasteiger partial charge >= 0.3 is 5.97 Å². The summed E-state index contributed by atoms with van der Waals surface area (Å²) in [5.74, 6) is -0.997. The van der Waals surface area contributed by atoms with Crippen LogP contribution in [-0.4, -0.2) is 33.9 Å². The summed E-state index contributed by atoms with van der Waals surface area (Å²) in [6, 6.07) is -1.06. The van der Waals surface area contributed by atoms with Gasteiger partial charge in [0.05, 0.1) is 11.7 Å². The Balaban J connectivity index is 1.84. The van der Waals surface area contributed by atoms with Gasteiger partial charge in [-0.25, -0.2) is 9.78 Å². The number of rotatable bonds is 7. The Morgan fingerprint density at radius 1 is 1.19 bits per heavy atom. The maximum atomic E-state index is 12.3. The van der Waals surface area contributed by atoms with E-state index < -0.39 is 18.1 Å². The second kappa shape index (κ2) is 9.12. The van der Waals surface area contributed by atoms with E-state index in [1.54, 1.807) is 20.8 Å². The quantitative estimate of drug-likeness (QED) is 0.673. The van der Waals surface area contributed by atoms with Crippen molar-refractivity contribution in [2.75, 3.05) is 0 Å². The molecule has 1 aromatic rings. The average Bonchev–Trinajstić information content (AvgIpc) is 2.97. The Labute approximate surface area is 157 Å². The third kappa shape index (κ3) is 5.52. The molecule has 8 heteroatoms. The number of nitrogens with zero attached hydrogens (tertiary/aromatic N) is 1. The minimum Gasteiger partial charge on any atom is -0.477 e.